The number of hydrogen-bond acceptors (Lipinski definition) is 3. The van der Waals surface area contributed by atoms with Crippen LogP contribution in [-0.2, 0) is 16.0 Å². The molecule has 2 aromatic carbocycles. The lowest BCUT2D eigenvalue weighted by atomic mass is 9.98. The number of rotatable bonds is 4. The van der Waals surface area contributed by atoms with Crippen LogP contribution in [0, 0.1) is 17.6 Å². The maximum atomic E-state index is 13.6. The second-order valence-corrected chi connectivity index (χ2v) is 5.77. The minimum atomic E-state index is -0.939. The minimum Gasteiger partial charge on any atom is -0.322 e. The number of anilines is 1. The van der Waals surface area contributed by atoms with Gasteiger partial charge in [-0.2, -0.15) is 0 Å². The van der Waals surface area contributed by atoms with Crippen LogP contribution in [-0.4, -0.2) is 17.7 Å². The van der Waals surface area contributed by atoms with E-state index in [0.717, 1.165) is 17.7 Å². The zero-order valence-corrected chi connectivity index (χ0v) is 13.0. The van der Waals surface area contributed by atoms with E-state index in [4.69, 9.17) is 0 Å². The molecule has 3 rings (SSSR count). The maximum Gasteiger partial charge on any atom is 0.261 e. The molecule has 25 heavy (non-hydrogen) atoms. The Bertz CT molecular complexity index is 830. The molecule has 0 aromatic heterocycles. The van der Waals surface area contributed by atoms with Gasteiger partial charge in [0.2, 0.25) is 11.8 Å². The molecule has 0 aliphatic carbocycles. The van der Waals surface area contributed by atoms with E-state index in [1.807, 2.05) is 0 Å². The third-order valence-corrected chi connectivity index (χ3v) is 3.95. The monoisotopic (exact) mass is 344 g/mol. The van der Waals surface area contributed by atoms with E-state index in [9.17, 15) is 23.2 Å². The SMILES string of the molecule is O=C1C[C@H](Cc2ccc(NC(=O)c3c(F)cccc3F)cc2)C(=O)N1. The van der Waals surface area contributed by atoms with Crippen molar-refractivity contribution < 1.29 is 23.2 Å². The molecule has 1 aliphatic rings. The fraction of sp³-hybridized carbons (Fsp3) is 0.167. The quantitative estimate of drug-likeness (QED) is 0.837. The molecule has 2 aromatic rings. The van der Waals surface area contributed by atoms with Crippen LogP contribution in [0.2, 0.25) is 0 Å². The van der Waals surface area contributed by atoms with Crippen LogP contribution >= 0.6 is 0 Å². The zero-order valence-electron chi connectivity index (χ0n) is 13.0. The van der Waals surface area contributed by atoms with Crippen molar-refractivity contribution in [3.05, 3.63) is 65.2 Å². The van der Waals surface area contributed by atoms with Crippen molar-refractivity contribution in [2.75, 3.05) is 5.32 Å². The smallest absolute Gasteiger partial charge is 0.261 e. The molecule has 0 radical (unpaired) electrons. The highest BCUT2D eigenvalue weighted by molar-refractivity contribution is 6.05. The molecular weight excluding hydrogens is 330 g/mol. The standard InChI is InChI=1S/C18H14F2N2O3/c19-13-2-1-3-14(20)16(13)18(25)21-12-6-4-10(5-7-12)8-11-9-15(23)22-17(11)24/h1-7,11H,8-9H2,(H,21,25)(H,22,23,24)/t11-/m0/s1. The van der Waals surface area contributed by atoms with Gasteiger partial charge in [-0.15, -0.1) is 0 Å². The van der Waals surface area contributed by atoms with Crippen LogP contribution in [0.3, 0.4) is 0 Å². The third-order valence-electron chi connectivity index (χ3n) is 3.95. The summed E-state index contributed by atoms with van der Waals surface area (Å²) in [5.74, 6) is -3.75. The molecule has 7 heteroatoms. The Morgan fingerprint density at radius 1 is 1.08 bits per heavy atom. The lowest BCUT2D eigenvalue weighted by molar-refractivity contribution is -0.125. The van der Waals surface area contributed by atoms with E-state index < -0.39 is 29.0 Å². The van der Waals surface area contributed by atoms with Crippen LogP contribution in [0.4, 0.5) is 14.5 Å². The lowest BCUT2D eigenvalue weighted by Crippen LogP contribution is -2.22. The third kappa shape index (κ3) is 3.71. The van der Waals surface area contributed by atoms with Crippen molar-refractivity contribution >= 4 is 23.4 Å². The fourth-order valence-electron chi connectivity index (χ4n) is 2.69. The van der Waals surface area contributed by atoms with Gasteiger partial charge in [0.1, 0.15) is 17.2 Å². The predicted octanol–water partition coefficient (Wildman–Crippen LogP) is 2.42. The van der Waals surface area contributed by atoms with Crippen LogP contribution < -0.4 is 10.6 Å². The molecule has 3 amide bonds. The molecule has 0 saturated carbocycles. The van der Waals surface area contributed by atoms with E-state index in [1.54, 1.807) is 24.3 Å². The summed E-state index contributed by atoms with van der Waals surface area (Å²) in [4.78, 5) is 34.8. The average Bonchev–Trinajstić information content (AvgIpc) is 2.86. The summed E-state index contributed by atoms with van der Waals surface area (Å²) in [6.45, 7) is 0. The highest BCUT2D eigenvalue weighted by Crippen LogP contribution is 2.20. The van der Waals surface area contributed by atoms with Gasteiger partial charge in [-0.25, -0.2) is 8.78 Å². The van der Waals surface area contributed by atoms with Crippen molar-refractivity contribution in [2.24, 2.45) is 5.92 Å². The highest BCUT2D eigenvalue weighted by atomic mass is 19.1. The Kier molecular flexibility index (Phi) is 4.56. The number of benzene rings is 2. The van der Waals surface area contributed by atoms with E-state index in [-0.39, 0.29) is 18.2 Å². The molecular formula is C18H14F2N2O3. The van der Waals surface area contributed by atoms with Crippen molar-refractivity contribution in [3.63, 3.8) is 0 Å². The maximum absolute atomic E-state index is 13.6. The number of imide groups is 1. The molecule has 5 nitrogen and oxygen atoms in total. The summed E-state index contributed by atoms with van der Waals surface area (Å²) in [5, 5.41) is 4.67. The molecule has 1 heterocycles. The number of halogens is 2. The van der Waals surface area contributed by atoms with Crippen molar-refractivity contribution in [1.82, 2.24) is 5.32 Å². The second-order valence-electron chi connectivity index (χ2n) is 5.77. The minimum absolute atomic E-state index is 0.157. The Morgan fingerprint density at radius 3 is 2.28 bits per heavy atom. The van der Waals surface area contributed by atoms with Gasteiger partial charge in [0.25, 0.3) is 5.91 Å². The Hall–Kier alpha value is -3.09. The molecule has 0 unspecified atom stereocenters. The summed E-state index contributed by atoms with van der Waals surface area (Å²) >= 11 is 0. The van der Waals surface area contributed by atoms with Crippen molar-refractivity contribution in [3.8, 4) is 0 Å². The Labute approximate surface area is 142 Å². The summed E-state index contributed by atoms with van der Waals surface area (Å²) in [6, 6.07) is 9.71. The molecule has 1 fully saturated rings. The Balaban J connectivity index is 1.67. The molecule has 1 aliphatic heterocycles. The van der Waals surface area contributed by atoms with Gasteiger partial charge in [-0.1, -0.05) is 18.2 Å². The highest BCUT2D eigenvalue weighted by Gasteiger charge is 2.30. The molecule has 128 valence electrons. The fourth-order valence-corrected chi connectivity index (χ4v) is 2.69. The van der Waals surface area contributed by atoms with E-state index in [1.165, 1.54) is 6.07 Å². The predicted molar refractivity (Wildman–Crippen MR) is 85.7 cm³/mol. The molecule has 0 bridgehead atoms. The van der Waals surface area contributed by atoms with Gasteiger partial charge in [-0.3, -0.25) is 19.7 Å². The van der Waals surface area contributed by atoms with Crippen LogP contribution in [0.1, 0.15) is 22.3 Å². The number of carbonyl (C=O) groups excluding carboxylic acids is 3. The summed E-state index contributed by atoms with van der Waals surface area (Å²) in [6.07, 6.45) is 0.553. The van der Waals surface area contributed by atoms with Gasteiger partial charge in [0, 0.05) is 12.1 Å². The number of carbonyl (C=O) groups is 3. The van der Waals surface area contributed by atoms with Gasteiger partial charge in [0.15, 0.2) is 0 Å². The largest absolute Gasteiger partial charge is 0.322 e. The summed E-state index contributed by atoms with van der Waals surface area (Å²) in [7, 11) is 0. The molecule has 0 spiro atoms. The van der Waals surface area contributed by atoms with E-state index in [0.29, 0.717) is 12.1 Å². The summed E-state index contributed by atoms with van der Waals surface area (Å²) in [5.41, 5.74) is 0.529. The van der Waals surface area contributed by atoms with Gasteiger partial charge in [-0.05, 0) is 36.2 Å². The van der Waals surface area contributed by atoms with E-state index >= 15 is 0 Å². The first-order chi connectivity index (χ1) is 11.9. The lowest BCUT2D eigenvalue weighted by Gasteiger charge is -2.09. The Morgan fingerprint density at radius 2 is 1.72 bits per heavy atom. The zero-order chi connectivity index (χ0) is 18.0. The number of hydrogen-bond donors (Lipinski definition) is 2. The average molecular weight is 344 g/mol. The normalized spacial score (nSPS) is 16.6. The van der Waals surface area contributed by atoms with Gasteiger partial charge in [0.05, 0.1) is 5.92 Å². The van der Waals surface area contributed by atoms with Crippen molar-refractivity contribution in [1.29, 1.82) is 0 Å². The van der Waals surface area contributed by atoms with Crippen LogP contribution in [0.15, 0.2) is 42.5 Å². The number of nitrogens with one attached hydrogen (secondary N) is 2. The molecule has 2 N–H and O–H groups in total. The first kappa shape index (κ1) is 16.8. The van der Waals surface area contributed by atoms with Crippen LogP contribution in [0.25, 0.3) is 0 Å². The first-order valence-electron chi connectivity index (χ1n) is 7.62. The summed E-state index contributed by atoms with van der Waals surface area (Å²) < 4.78 is 27.2. The van der Waals surface area contributed by atoms with Gasteiger partial charge >= 0.3 is 0 Å². The van der Waals surface area contributed by atoms with Crippen LogP contribution in [0.5, 0.6) is 0 Å². The molecule has 1 atom stereocenters. The van der Waals surface area contributed by atoms with Crippen molar-refractivity contribution in [2.45, 2.75) is 12.8 Å². The van der Waals surface area contributed by atoms with E-state index in [2.05, 4.69) is 10.6 Å². The first-order valence-corrected chi connectivity index (χ1v) is 7.62. The topological polar surface area (TPSA) is 75.3 Å². The number of amides is 3. The molecule has 1 saturated heterocycles. The van der Waals surface area contributed by atoms with Gasteiger partial charge < -0.3 is 5.32 Å². The second kappa shape index (κ2) is 6.80.